The maximum absolute atomic E-state index is 13.7. The number of hydrogen-bond donors (Lipinski definition) is 0. The number of sulfonamides is 1. The molecule has 0 N–H and O–H groups in total. The van der Waals surface area contributed by atoms with Crippen LogP contribution in [0.3, 0.4) is 0 Å². The van der Waals surface area contributed by atoms with Crippen molar-refractivity contribution in [1.82, 2.24) is 0 Å². The second-order valence-electron chi connectivity index (χ2n) is 9.86. The lowest BCUT2D eigenvalue weighted by atomic mass is 9.84. The number of anilines is 2. The molecule has 1 heterocycles. The van der Waals surface area contributed by atoms with Crippen LogP contribution in [0.5, 0.6) is 0 Å². The third-order valence-corrected chi connectivity index (χ3v) is 8.13. The van der Waals surface area contributed by atoms with Crippen LogP contribution in [0.4, 0.5) is 11.4 Å². The number of rotatable bonds is 8. The standard InChI is InChI=1S/C31H35N3O2S/c1-7-22-34(26-16-12-24(4)13-17-26)31(21-20-23(2)3)28-10-8-9-11-29(28)33(6)30(31)32-37(35,36)27-18-14-25(5)15-19-27/h7-20H,1,21-22H2,2-6H3/b32-30-. The molecule has 3 aromatic rings. The average Bonchev–Trinajstić information content (AvgIpc) is 3.10. The maximum atomic E-state index is 13.7. The molecule has 0 aliphatic carbocycles. The summed E-state index contributed by atoms with van der Waals surface area (Å²) < 4.78 is 32.0. The molecule has 1 unspecified atom stereocenters. The summed E-state index contributed by atoms with van der Waals surface area (Å²) >= 11 is 0. The van der Waals surface area contributed by atoms with Gasteiger partial charge in [-0.15, -0.1) is 11.0 Å². The third kappa shape index (κ3) is 4.98. The lowest BCUT2D eigenvalue weighted by Crippen LogP contribution is -2.53. The Bertz CT molecular complexity index is 1450. The minimum atomic E-state index is -3.98. The van der Waals surface area contributed by atoms with Crippen molar-refractivity contribution in [3.05, 3.63) is 114 Å². The monoisotopic (exact) mass is 513 g/mol. The van der Waals surface area contributed by atoms with Crippen molar-refractivity contribution in [2.45, 2.75) is 44.6 Å². The molecule has 1 aliphatic heterocycles. The highest BCUT2D eigenvalue weighted by molar-refractivity contribution is 7.90. The summed E-state index contributed by atoms with van der Waals surface area (Å²) in [5, 5.41) is 0. The summed E-state index contributed by atoms with van der Waals surface area (Å²) in [6.07, 6.45) is 4.56. The van der Waals surface area contributed by atoms with Crippen molar-refractivity contribution in [3.8, 4) is 0 Å². The van der Waals surface area contributed by atoms with Crippen LogP contribution in [0, 0.1) is 13.8 Å². The molecule has 1 atom stereocenters. The van der Waals surface area contributed by atoms with Gasteiger partial charge in [-0.2, -0.15) is 8.42 Å². The molecule has 0 saturated heterocycles. The molecule has 0 fully saturated rings. The molecule has 6 heteroatoms. The number of nitrogens with zero attached hydrogens (tertiary/aromatic N) is 3. The summed E-state index contributed by atoms with van der Waals surface area (Å²) in [4.78, 5) is 4.33. The predicted octanol–water partition coefficient (Wildman–Crippen LogP) is 6.78. The van der Waals surface area contributed by atoms with E-state index in [9.17, 15) is 8.42 Å². The van der Waals surface area contributed by atoms with Crippen LogP contribution >= 0.6 is 0 Å². The van der Waals surface area contributed by atoms with Crippen molar-refractivity contribution in [3.63, 3.8) is 0 Å². The minimum Gasteiger partial charge on any atom is -0.351 e. The van der Waals surface area contributed by atoms with Crippen molar-refractivity contribution >= 4 is 27.2 Å². The number of likely N-dealkylation sites (N-methyl/N-ethyl adjacent to an activating group) is 1. The van der Waals surface area contributed by atoms with Gasteiger partial charge in [0, 0.05) is 37.0 Å². The van der Waals surface area contributed by atoms with E-state index >= 15 is 0 Å². The Morgan fingerprint density at radius 3 is 2.16 bits per heavy atom. The van der Waals surface area contributed by atoms with Crippen LogP contribution in [0.1, 0.15) is 37.0 Å². The van der Waals surface area contributed by atoms with Gasteiger partial charge in [-0.25, -0.2) is 0 Å². The van der Waals surface area contributed by atoms with Gasteiger partial charge in [0.1, 0.15) is 5.54 Å². The van der Waals surface area contributed by atoms with Crippen LogP contribution in [0.25, 0.3) is 0 Å². The number of fused-ring (bicyclic) bond motifs is 1. The van der Waals surface area contributed by atoms with Crippen LogP contribution in [0.15, 0.2) is 106 Å². The molecular formula is C31H35N3O2S. The lowest BCUT2D eigenvalue weighted by Gasteiger charge is -2.43. The Hall–Kier alpha value is -3.64. The lowest BCUT2D eigenvalue weighted by molar-refractivity contribution is 0.556. The van der Waals surface area contributed by atoms with E-state index in [1.165, 1.54) is 0 Å². The van der Waals surface area contributed by atoms with E-state index < -0.39 is 15.6 Å². The SMILES string of the molecule is C=CCN(c1ccc(C)cc1)C1(CC=C(C)C)/C(=N/S(=O)(=O)c2ccc(C)cc2)N(C)c2ccccc21. The smallest absolute Gasteiger partial charge is 0.284 e. The molecule has 192 valence electrons. The van der Waals surface area contributed by atoms with Crippen LogP contribution < -0.4 is 9.80 Å². The minimum absolute atomic E-state index is 0.177. The number of para-hydroxylation sites is 1. The topological polar surface area (TPSA) is 53.0 Å². The number of aryl methyl sites for hydroxylation is 2. The van der Waals surface area contributed by atoms with Gasteiger partial charge >= 0.3 is 0 Å². The maximum Gasteiger partial charge on any atom is 0.284 e. The van der Waals surface area contributed by atoms with E-state index in [1.54, 1.807) is 24.3 Å². The Morgan fingerprint density at radius 1 is 0.973 bits per heavy atom. The molecule has 0 amide bonds. The summed E-state index contributed by atoms with van der Waals surface area (Å²) in [6, 6.07) is 23.2. The van der Waals surface area contributed by atoms with E-state index in [4.69, 9.17) is 0 Å². The fraction of sp³-hybridized carbons (Fsp3) is 0.258. The molecular weight excluding hydrogens is 478 g/mol. The average molecular weight is 514 g/mol. The molecule has 0 spiro atoms. The molecule has 0 bridgehead atoms. The molecule has 5 nitrogen and oxygen atoms in total. The van der Waals surface area contributed by atoms with Crippen molar-refractivity contribution in [2.24, 2.45) is 4.40 Å². The quantitative estimate of drug-likeness (QED) is 0.311. The van der Waals surface area contributed by atoms with Gasteiger partial charge in [0.2, 0.25) is 0 Å². The first kappa shape index (κ1) is 26.4. The Labute approximate surface area is 221 Å². The summed E-state index contributed by atoms with van der Waals surface area (Å²) in [6.45, 7) is 12.7. The molecule has 1 aliphatic rings. The van der Waals surface area contributed by atoms with Crippen LogP contribution in [-0.2, 0) is 15.6 Å². The number of amidine groups is 1. The second-order valence-corrected chi connectivity index (χ2v) is 11.5. The fourth-order valence-corrected chi connectivity index (χ4v) is 5.99. The summed E-state index contributed by atoms with van der Waals surface area (Å²) in [5.41, 5.74) is 5.34. The Morgan fingerprint density at radius 2 is 1.57 bits per heavy atom. The normalized spacial score (nSPS) is 18.0. The number of benzene rings is 3. The molecule has 3 aromatic carbocycles. The molecule has 0 aromatic heterocycles. The Kier molecular flexibility index (Phi) is 7.42. The van der Waals surface area contributed by atoms with Crippen molar-refractivity contribution in [1.29, 1.82) is 0 Å². The Balaban J connectivity index is 2.06. The number of hydrogen-bond acceptors (Lipinski definition) is 3. The summed E-state index contributed by atoms with van der Waals surface area (Å²) in [7, 11) is -2.09. The van der Waals surface area contributed by atoms with Crippen molar-refractivity contribution in [2.75, 3.05) is 23.4 Å². The van der Waals surface area contributed by atoms with E-state index in [1.807, 2.05) is 43.1 Å². The zero-order valence-corrected chi connectivity index (χ0v) is 23.1. The van der Waals surface area contributed by atoms with Gasteiger partial charge in [0.05, 0.1) is 4.90 Å². The highest BCUT2D eigenvalue weighted by Gasteiger charge is 2.52. The zero-order valence-electron chi connectivity index (χ0n) is 22.3. The highest BCUT2D eigenvalue weighted by atomic mass is 32.2. The van der Waals surface area contributed by atoms with E-state index in [-0.39, 0.29) is 4.90 Å². The predicted molar refractivity (Wildman–Crippen MR) is 155 cm³/mol. The van der Waals surface area contributed by atoms with E-state index in [0.717, 1.165) is 33.6 Å². The van der Waals surface area contributed by atoms with Gasteiger partial charge in [0.15, 0.2) is 5.84 Å². The molecule has 0 radical (unpaired) electrons. The third-order valence-electron chi connectivity index (χ3n) is 6.85. The largest absolute Gasteiger partial charge is 0.351 e. The summed E-state index contributed by atoms with van der Waals surface area (Å²) in [5.74, 6) is 0.467. The first-order chi connectivity index (χ1) is 17.6. The molecule has 0 saturated carbocycles. The molecule has 37 heavy (non-hydrogen) atoms. The van der Waals surface area contributed by atoms with Gasteiger partial charge in [-0.3, -0.25) is 0 Å². The second kappa shape index (κ2) is 10.4. The molecule has 4 rings (SSSR count). The van der Waals surface area contributed by atoms with Gasteiger partial charge in [-0.05, 0) is 58.0 Å². The number of allylic oxidation sites excluding steroid dienone is 1. The fourth-order valence-electron chi connectivity index (χ4n) is 4.91. The van der Waals surface area contributed by atoms with E-state index in [0.29, 0.717) is 18.8 Å². The first-order valence-corrected chi connectivity index (χ1v) is 13.9. The van der Waals surface area contributed by atoms with Gasteiger partial charge in [-0.1, -0.05) is 71.3 Å². The zero-order chi connectivity index (χ0) is 26.8. The van der Waals surface area contributed by atoms with Gasteiger partial charge < -0.3 is 9.80 Å². The van der Waals surface area contributed by atoms with Crippen LogP contribution in [0.2, 0.25) is 0 Å². The van der Waals surface area contributed by atoms with Gasteiger partial charge in [0.25, 0.3) is 10.0 Å². The highest BCUT2D eigenvalue weighted by Crippen LogP contribution is 2.49. The van der Waals surface area contributed by atoms with Crippen LogP contribution in [-0.4, -0.2) is 27.8 Å². The first-order valence-electron chi connectivity index (χ1n) is 12.4. The van der Waals surface area contributed by atoms with Crippen molar-refractivity contribution < 1.29 is 8.42 Å². The van der Waals surface area contributed by atoms with E-state index in [2.05, 4.69) is 73.1 Å².